The van der Waals surface area contributed by atoms with Gasteiger partial charge >= 0.3 is 0 Å². The van der Waals surface area contributed by atoms with E-state index in [0.29, 0.717) is 13.1 Å². The number of ether oxygens (including phenoxy) is 1. The number of fused-ring (bicyclic) bond motifs is 1. The van der Waals surface area contributed by atoms with E-state index in [1.54, 1.807) is 7.11 Å². The van der Waals surface area contributed by atoms with Crippen molar-refractivity contribution in [1.29, 1.82) is 0 Å². The summed E-state index contributed by atoms with van der Waals surface area (Å²) in [4.78, 5) is 18.2. The lowest BCUT2D eigenvalue weighted by molar-refractivity contribution is -0.122. The van der Waals surface area contributed by atoms with Crippen LogP contribution >= 0.6 is 0 Å². The molecule has 0 spiro atoms. The molecule has 0 aliphatic heterocycles. The van der Waals surface area contributed by atoms with Gasteiger partial charge in [0.05, 0.1) is 13.7 Å². The predicted octanol–water partition coefficient (Wildman–Crippen LogP) is 4.55. The first kappa shape index (κ1) is 21.9. The topological polar surface area (TPSA) is 57.4 Å². The average molecular weight is 408 g/mol. The molecule has 0 saturated heterocycles. The van der Waals surface area contributed by atoms with Crippen molar-refractivity contribution in [2.45, 2.75) is 32.6 Å². The van der Waals surface area contributed by atoms with Crippen LogP contribution in [0.4, 0.5) is 0 Å². The molecular weight excluding hydrogens is 374 g/mol. The number of hydrogen-bond donors (Lipinski definition) is 2. The van der Waals surface area contributed by atoms with Crippen LogP contribution < -0.4 is 10.1 Å². The van der Waals surface area contributed by atoms with E-state index >= 15 is 0 Å². The standard InChI is InChI=1S/C25H33N3O2/c1-4-6-15-28(5-2)18-25(29)27-16-22(19-11-13-20(30-3)14-12-19)23-17-26-24-10-8-7-9-21(23)24/h7-14,17,22,26H,4-6,15-16,18H2,1-3H3,(H,27,29). The highest BCUT2D eigenvalue weighted by molar-refractivity contribution is 5.84. The van der Waals surface area contributed by atoms with Crippen molar-refractivity contribution >= 4 is 16.8 Å². The number of benzene rings is 2. The zero-order chi connectivity index (χ0) is 21.3. The Bertz CT molecular complexity index is 933. The zero-order valence-corrected chi connectivity index (χ0v) is 18.3. The highest BCUT2D eigenvalue weighted by atomic mass is 16.5. The summed E-state index contributed by atoms with van der Waals surface area (Å²) in [5.74, 6) is 0.961. The Labute approximate surface area is 179 Å². The first-order chi connectivity index (χ1) is 14.7. The number of rotatable bonds is 11. The quantitative estimate of drug-likeness (QED) is 0.490. The number of carbonyl (C=O) groups excluding carboxylic acids is 1. The van der Waals surface area contributed by atoms with Crippen molar-refractivity contribution in [2.75, 3.05) is 33.3 Å². The molecule has 1 aromatic heterocycles. The van der Waals surface area contributed by atoms with Crippen LogP contribution in [0.15, 0.2) is 54.7 Å². The molecule has 160 valence electrons. The largest absolute Gasteiger partial charge is 0.497 e. The zero-order valence-electron chi connectivity index (χ0n) is 18.3. The van der Waals surface area contributed by atoms with E-state index in [0.717, 1.165) is 42.8 Å². The number of nitrogens with zero attached hydrogens (tertiary/aromatic N) is 1. The Morgan fingerprint density at radius 2 is 1.90 bits per heavy atom. The van der Waals surface area contributed by atoms with Gasteiger partial charge in [-0.3, -0.25) is 9.69 Å². The van der Waals surface area contributed by atoms with E-state index in [4.69, 9.17) is 4.74 Å². The van der Waals surface area contributed by atoms with E-state index in [1.807, 2.05) is 18.2 Å². The molecule has 2 aromatic carbocycles. The average Bonchev–Trinajstić information content (AvgIpc) is 3.21. The summed E-state index contributed by atoms with van der Waals surface area (Å²) in [5, 5.41) is 4.36. The number of amides is 1. The maximum atomic E-state index is 12.7. The van der Waals surface area contributed by atoms with E-state index in [2.05, 4.69) is 65.6 Å². The van der Waals surface area contributed by atoms with Crippen molar-refractivity contribution < 1.29 is 9.53 Å². The molecule has 1 amide bonds. The van der Waals surface area contributed by atoms with Crippen molar-refractivity contribution in [3.05, 3.63) is 65.9 Å². The molecule has 0 fully saturated rings. The van der Waals surface area contributed by atoms with E-state index in [1.165, 1.54) is 10.9 Å². The van der Waals surface area contributed by atoms with Crippen LogP contribution in [0.1, 0.15) is 43.7 Å². The van der Waals surface area contributed by atoms with Crippen LogP contribution in [-0.2, 0) is 4.79 Å². The number of para-hydroxylation sites is 1. The molecule has 1 unspecified atom stereocenters. The summed E-state index contributed by atoms with van der Waals surface area (Å²) in [6.07, 6.45) is 4.31. The highest BCUT2D eigenvalue weighted by Crippen LogP contribution is 2.31. The summed E-state index contributed by atoms with van der Waals surface area (Å²) in [6, 6.07) is 16.4. The number of likely N-dealkylation sites (N-methyl/N-ethyl adjacent to an activating group) is 1. The van der Waals surface area contributed by atoms with Gasteiger partial charge < -0.3 is 15.0 Å². The minimum absolute atomic E-state index is 0.0572. The lowest BCUT2D eigenvalue weighted by atomic mass is 9.90. The third-order valence-corrected chi connectivity index (χ3v) is 5.66. The van der Waals surface area contributed by atoms with Gasteiger partial charge in [0.1, 0.15) is 5.75 Å². The second-order valence-electron chi connectivity index (χ2n) is 7.64. The Hall–Kier alpha value is -2.79. The number of hydrogen-bond acceptors (Lipinski definition) is 3. The van der Waals surface area contributed by atoms with Gasteiger partial charge in [-0.2, -0.15) is 0 Å². The number of aromatic nitrogens is 1. The number of nitrogens with one attached hydrogen (secondary N) is 2. The summed E-state index contributed by atoms with van der Waals surface area (Å²) in [7, 11) is 1.67. The van der Waals surface area contributed by atoms with Crippen molar-refractivity contribution in [2.24, 2.45) is 0 Å². The molecule has 30 heavy (non-hydrogen) atoms. The number of unbranched alkanes of at least 4 members (excludes halogenated alkanes) is 1. The van der Waals surface area contributed by atoms with Gasteiger partial charge in [0, 0.05) is 29.6 Å². The second kappa shape index (κ2) is 10.8. The van der Waals surface area contributed by atoms with Crippen LogP contribution in [-0.4, -0.2) is 49.1 Å². The maximum Gasteiger partial charge on any atom is 0.234 e. The van der Waals surface area contributed by atoms with Crippen LogP contribution in [0.3, 0.4) is 0 Å². The van der Waals surface area contributed by atoms with Gasteiger partial charge in [0.15, 0.2) is 0 Å². The van der Waals surface area contributed by atoms with Crippen LogP contribution in [0.5, 0.6) is 5.75 Å². The molecule has 0 saturated carbocycles. The summed E-state index contributed by atoms with van der Waals surface area (Å²) in [5.41, 5.74) is 3.45. The number of methoxy groups -OCH3 is 1. The van der Waals surface area contributed by atoms with Gasteiger partial charge in [-0.05, 0) is 48.8 Å². The number of H-pyrrole nitrogens is 1. The molecular formula is C25H33N3O2. The van der Waals surface area contributed by atoms with Gasteiger partial charge in [0.2, 0.25) is 5.91 Å². The SMILES string of the molecule is CCCCN(CC)CC(=O)NCC(c1ccc(OC)cc1)c1c[nH]c2ccccc12. The minimum atomic E-state index is 0.0572. The van der Waals surface area contributed by atoms with Crippen molar-refractivity contribution in [3.63, 3.8) is 0 Å². The minimum Gasteiger partial charge on any atom is -0.497 e. The van der Waals surface area contributed by atoms with E-state index < -0.39 is 0 Å². The fourth-order valence-electron chi connectivity index (χ4n) is 3.83. The third-order valence-electron chi connectivity index (χ3n) is 5.66. The molecule has 1 atom stereocenters. The van der Waals surface area contributed by atoms with Gasteiger partial charge in [-0.1, -0.05) is 50.6 Å². The highest BCUT2D eigenvalue weighted by Gasteiger charge is 2.20. The fraction of sp³-hybridized carbons (Fsp3) is 0.400. The lowest BCUT2D eigenvalue weighted by Gasteiger charge is -2.22. The molecule has 3 rings (SSSR count). The molecule has 1 heterocycles. The first-order valence-electron chi connectivity index (χ1n) is 10.8. The Kier molecular flexibility index (Phi) is 7.91. The normalized spacial score (nSPS) is 12.3. The third kappa shape index (κ3) is 5.42. The summed E-state index contributed by atoms with van der Waals surface area (Å²) < 4.78 is 5.31. The second-order valence-corrected chi connectivity index (χ2v) is 7.64. The van der Waals surface area contributed by atoms with E-state index in [9.17, 15) is 4.79 Å². The summed E-state index contributed by atoms with van der Waals surface area (Å²) in [6.45, 7) is 7.13. The Balaban J connectivity index is 1.78. The molecule has 0 bridgehead atoms. The Morgan fingerprint density at radius 3 is 2.60 bits per heavy atom. The number of aromatic amines is 1. The smallest absolute Gasteiger partial charge is 0.234 e. The van der Waals surface area contributed by atoms with E-state index in [-0.39, 0.29) is 11.8 Å². The van der Waals surface area contributed by atoms with Crippen LogP contribution in [0.2, 0.25) is 0 Å². The summed E-state index contributed by atoms with van der Waals surface area (Å²) >= 11 is 0. The molecule has 0 radical (unpaired) electrons. The molecule has 0 aliphatic rings. The van der Waals surface area contributed by atoms with Gasteiger partial charge in [-0.15, -0.1) is 0 Å². The molecule has 5 nitrogen and oxygen atoms in total. The molecule has 3 aromatic rings. The fourth-order valence-corrected chi connectivity index (χ4v) is 3.83. The molecule has 2 N–H and O–H groups in total. The van der Waals surface area contributed by atoms with Gasteiger partial charge in [0.25, 0.3) is 0 Å². The van der Waals surface area contributed by atoms with Crippen LogP contribution in [0.25, 0.3) is 10.9 Å². The predicted molar refractivity (Wildman–Crippen MR) is 123 cm³/mol. The Morgan fingerprint density at radius 1 is 1.13 bits per heavy atom. The lowest BCUT2D eigenvalue weighted by Crippen LogP contribution is -2.39. The molecule has 0 aliphatic carbocycles. The van der Waals surface area contributed by atoms with Crippen molar-refractivity contribution in [1.82, 2.24) is 15.2 Å². The first-order valence-corrected chi connectivity index (χ1v) is 10.8. The maximum absolute atomic E-state index is 12.7. The molecule has 5 heteroatoms. The van der Waals surface area contributed by atoms with Gasteiger partial charge in [-0.25, -0.2) is 0 Å². The van der Waals surface area contributed by atoms with Crippen molar-refractivity contribution in [3.8, 4) is 5.75 Å². The van der Waals surface area contributed by atoms with Crippen LogP contribution in [0, 0.1) is 0 Å². The number of carbonyl (C=O) groups is 1. The monoisotopic (exact) mass is 407 g/mol.